The molecule has 0 aliphatic carbocycles. The van der Waals surface area contributed by atoms with Gasteiger partial charge in [-0.25, -0.2) is 0 Å². The summed E-state index contributed by atoms with van der Waals surface area (Å²) in [6.07, 6.45) is 0.863. The molecule has 0 unspecified atom stereocenters. The summed E-state index contributed by atoms with van der Waals surface area (Å²) in [5, 5.41) is 0. The Balaban J connectivity index is 1.57. The number of nitrogens with zero attached hydrogens (tertiary/aromatic N) is 3. The standard InChI is InChI=1S/C22H27N3O3/c1-23(2)21(26)17-24-13-6-14-25(16-15-24)22(27)18-9-11-20(12-10-18)28-19-7-4-3-5-8-19/h3-5,7-12H,6,13-17H2,1-2H3. The minimum Gasteiger partial charge on any atom is -0.457 e. The summed E-state index contributed by atoms with van der Waals surface area (Å²) < 4.78 is 5.78. The molecule has 1 heterocycles. The molecule has 148 valence electrons. The van der Waals surface area contributed by atoms with Gasteiger partial charge in [0.2, 0.25) is 5.91 Å². The molecular formula is C22H27N3O3. The number of hydrogen-bond acceptors (Lipinski definition) is 4. The van der Waals surface area contributed by atoms with Crippen LogP contribution in [-0.4, -0.2) is 73.3 Å². The van der Waals surface area contributed by atoms with E-state index in [4.69, 9.17) is 4.74 Å². The van der Waals surface area contributed by atoms with Crippen LogP contribution in [0.1, 0.15) is 16.8 Å². The van der Waals surface area contributed by atoms with Crippen molar-refractivity contribution in [2.45, 2.75) is 6.42 Å². The van der Waals surface area contributed by atoms with Crippen LogP contribution in [0.4, 0.5) is 0 Å². The molecule has 2 aromatic rings. The van der Waals surface area contributed by atoms with E-state index in [1.54, 1.807) is 31.1 Å². The molecule has 1 aliphatic heterocycles. The molecule has 0 saturated carbocycles. The van der Waals surface area contributed by atoms with Crippen LogP contribution in [0.3, 0.4) is 0 Å². The van der Waals surface area contributed by atoms with Crippen molar-refractivity contribution in [3.05, 3.63) is 60.2 Å². The zero-order chi connectivity index (χ0) is 19.9. The van der Waals surface area contributed by atoms with Gasteiger partial charge in [-0.05, 0) is 42.8 Å². The summed E-state index contributed by atoms with van der Waals surface area (Å²) in [6.45, 7) is 3.27. The first-order chi connectivity index (χ1) is 13.5. The third kappa shape index (κ3) is 5.33. The lowest BCUT2D eigenvalue weighted by molar-refractivity contribution is -0.129. The summed E-state index contributed by atoms with van der Waals surface area (Å²) in [5.74, 6) is 1.58. The monoisotopic (exact) mass is 381 g/mol. The average Bonchev–Trinajstić information content (AvgIpc) is 2.94. The maximum absolute atomic E-state index is 12.9. The molecule has 1 fully saturated rings. The molecule has 6 heteroatoms. The lowest BCUT2D eigenvalue weighted by Gasteiger charge is -2.23. The Bertz CT molecular complexity index is 790. The topological polar surface area (TPSA) is 53.1 Å². The summed E-state index contributed by atoms with van der Waals surface area (Å²) in [7, 11) is 3.53. The quantitative estimate of drug-likeness (QED) is 0.799. The van der Waals surface area contributed by atoms with Crippen molar-refractivity contribution in [1.29, 1.82) is 0 Å². The van der Waals surface area contributed by atoms with Gasteiger partial charge in [0.05, 0.1) is 6.54 Å². The number of hydrogen-bond donors (Lipinski definition) is 0. The van der Waals surface area contributed by atoms with Crippen LogP contribution in [0.5, 0.6) is 11.5 Å². The Morgan fingerprint density at radius 3 is 2.25 bits per heavy atom. The highest BCUT2D eigenvalue weighted by atomic mass is 16.5. The maximum Gasteiger partial charge on any atom is 0.253 e. The minimum atomic E-state index is 0.0204. The molecule has 3 rings (SSSR count). The van der Waals surface area contributed by atoms with E-state index in [0.717, 1.165) is 18.7 Å². The molecule has 28 heavy (non-hydrogen) atoms. The van der Waals surface area contributed by atoms with Crippen LogP contribution in [0.25, 0.3) is 0 Å². The zero-order valence-electron chi connectivity index (χ0n) is 16.5. The van der Waals surface area contributed by atoms with E-state index in [0.29, 0.717) is 37.5 Å². The highest BCUT2D eigenvalue weighted by Gasteiger charge is 2.21. The van der Waals surface area contributed by atoms with Crippen LogP contribution in [-0.2, 0) is 4.79 Å². The van der Waals surface area contributed by atoms with Crippen molar-refractivity contribution < 1.29 is 14.3 Å². The number of ether oxygens (including phenoxy) is 1. The minimum absolute atomic E-state index is 0.0204. The molecule has 1 aliphatic rings. The molecule has 0 N–H and O–H groups in total. The third-order valence-corrected chi connectivity index (χ3v) is 4.81. The van der Waals surface area contributed by atoms with Gasteiger partial charge in [-0.2, -0.15) is 0 Å². The number of rotatable bonds is 5. The van der Waals surface area contributed by atoms with Gasteiger partial charge in [0.1, 0.15) is 11.5 Å². The molecule has 0 radical (unpaired) electrons. The van der Waals surface area contributed by atoms with Crippen LogP contribution in [0, 0.1) is 0 Å². The Morgan fingerprint density at radius 1 is 0.893 bits per heavy atom. The van der Waals surface area contributed by atoms with Crippen molar-refractivity contribution in [1.82, 2.24) is 14.7 Å². The number of amides is 2. The van der Waals surface area contributed by atoms with Crippen LogP contribution >= 0.6 is 0 Å². The van der Waals surface area contributed by atoms with Gasteiger partial charge in [-0.15, -0.1) is 0 Å². The number of benzene rings is 2. The van der Waals surface area contributed by atoms with Crippen molar-refractivity contribution in [2.24, 2.45) is 0 Å². The maximum atomic E-state index is 12.9. The van der Waals surface area contributed by atoms with Crippen LogP contribution in [0.2, 0.25) is 0 Å². The molecule has 6 nitrogen and oxygen atoms in total. The van der Waals surface area contributed by atoms with Crippen LogP contribution < -0.4 is 4.74 Å². The van der Waals surface area contributed by atoms with Crippen LogP contribution in [0.15, 0.2) is 54.6 Å². The van der Waals surface area contributed by atoms with Gasteiger partial charge in [-0.3, -0.25) is 14.5 Å². The van der Waals surface area contributed by atoms with Crippen molar-refractivity contribution in [3.63, 3.8) is 0 Å². The third-order valence-electron chi connectivity index (χ3n) is 4.81. The molecule has 2 aromatic carbocycles. The van der Waals surface area contributed by atoms with E-state index in [1.165, 1.54) is 0 Å². The van der Waals surface area contributed by atoms with Crippen molar-refractivity contribution in [3.8, 4) is 11.5 Å². The Hall–Kier alpha value is -2.86. The Kier molecular flexibility index (Phi) is 6.66. The van der Waals surface area contributed by atoms with Gasteiger partial charge in [0.25, 0.3) is 5.91 Å². The van der Waals surface area contributed by atoms with E-state index in [-0.39, 0.29) is 11.8 Å². The molecule has 0 bridgehead atoms. The fourth-order valence-electron chi connectivity index (χ4n) is 3.14. The normalized spacial score (nSPS) is 15.0. The summed E-state index contributed by atoms with van der Waals surface area (Å²) in [4.78, 5) is 30.4. The van der Waals surface area contributed by atoms with Crippen molar-refractivity contribution in [2.75, 3.05) is 46.8 Å². The lowest BCUT2D eigenvalue weighted by atomic mass is 10.2. The van der Waals surface area contributed by atoms with Gasteiger partial charge >= 0.3 is 0 Å². The van der Waals surface area contributed by atoms with E-state index >= 15 is 0 Å². The Morgan fingerprint density at radius 2 is 1.57 bits per heavy atom. The highest BCUT2D eigenvalue weighted by molar-refractivity contribution is 5.94. The predicted molar refractivity (Wildman–Crippen MR) is 109 cm³/mol. The first-order valence-electron chi connectivity index (χ1n) is 9.57. The van der Waals surface area contributed by atoms with E-state index < -0.39 is 0 Å². The predicted octanol–water partition coefficient (Wildman–Crippen LogP) is 2.72. The average molecular weight is 381 g/mol. The van der Waals surface area contributed by atoms with Gasteiger partial charge < -0.3 is 14.5 Å². The van der Waals surface area contributed by atoms with Gasteiger partial charge in [0.15, 0.2) is 0 Å². The fourth-order valence-corrected chi connectivity index (χ4v) is 3.14. The highest BCUT2D eigenvalue weighted by Crippen LogP contribution is 2.21. The molecule has 0 atom stereocenters. The second-order valence-electron chi connectivity index (χ2n) is 7.15. The first-order valence-corrected chi connectivity index (χ1v) is 9.57. The molecule has 2 amide bonds. The molecular weight excluding hydrogens is 354 g/mol. The SMILES string of the molecule is CN(C)C(=O)CN1CCCN(C(=O)c2ccc(Oc3ccccc3)cc2)CC1. The summed E-state index contributed by atoms with van der Waals surface area (Å²) in [6, 6.07) is 16.8. The fraction of sp³-hybridized carbons (Fsp3) is 0.364. The Labute approximate surface area is 166 Å². The summed E-state index contributed by atoms with van der Waals surface area (Å²) >= 11 is 0. The summed E-state index contributed by atoms with van der Waals surface area (Å²) in [5.41, 5.74) is 0.651. The first kappa shape index (κ1) is 19.9. The zero-order valence-corrected chi connectivity index (χ0v) is 16.5. The smallest absolute Gasteiger partial charge is 0.253 e. The van der Waals surface area contributed by atoms with Gasteiger partial charge in [-0.1, -0.05) is 18.2 Å². The van der Waals surface area contributed by atoms with Crippen molar-refractivity contribution >= 4 is 11.8 Å². The second kappa shape index (κ2) is 9.37. The molecule has 0 spiro atoms. The van der Waals surface area contributed by atoms with E-state index in [9.17, 15) is 9.59 Å². The largest absolute Gasteiger partial charge is 0.457 e. The number of para-hydroxylation sites is 1. The number of carbonyl (C=O) groups is 2. The molecule has 1 saturated heterocycles. The molecule has 0 aromatic heterocycles. The second-order valence-corrected chi connectivity index (χ2v) is 7.15. The van der Waals surface area contributed by atoms with Gasteiger partial charge in [0, 0.05) is 45.8 Å². The van der Waals surface area contributed by atoms with E-state index in [2.05, 4.69) is 4.90 Å². The number of likely N-dealkylation sites (N-methyl/N-ethyl adjacent to an activating group) is 1. The lowest BCUT2D eigenvalue weighted by Crippen LogP contribution is -2.39. The van der Waals surface area contributed by atoms with E-state index in [1.807, 2.05) is 47.4 Å². The number of carbonyl (C=O) groups excluding carboxylic acids is 2.